The van der Waals surface area contributed by atoms with E-state index in [0.29, 0.717) is 6.04 Å². The summed E-state index contributed by atoms with van der Waals surface area (Å²) in [5.74, 6) is 0.863. The minimum atomic E-state index is 0.683. The molecule has 88 valence electrons. The topological polar surface area (TPSA) is 16.1 Å². The van der Waals surface area contributed by atoms with Crippen molar-refractivity contribution in [1.29, 1.82) is 0 Å². The Labute approximate surface area is 106 Å². The number of rotatable bonds is 2. The smallest absolute Gasteiger partial charge is 0.0592 e. The first-order valence-corrected chi connectivity index (χ1v) is 6.80. The number of halogens is 1. The van der Waals surface area contributed by atoms with Crippen LogP contribution < -0.4 is 4.90 Å². The van der Waals surface area contributed by atoms with E-state index in [1.54, 1.807) is 0 Å². The van der Waals surface area contributed by atoms with Crippen molar-refractivity contribution in [3.8, 4) is 0 Å². The quantitative estimate of drug-likeness (QED) is 0.819. The van der Waals surface area contributed by atoms with Gasteiger partial charge in [-0.1, -0.05) is 19.8 Å². The van der Waals surface area contributed by atoms with E-state index in [-0.39, 0.29) is 0 Å². The molecule has 1 aliphatic rings. The summed E-state index contributed by atoms with van der Waals surface area (Å²) in [6.45, 7) is 2.36. The second kappa shape index (κ2) is 5.17. The lowest BCUT2D eigenvalue weighted by atomic mass is 9.86. The van der Waals surface area contributed by atoms with Crippen LogP contribution in [0.3, 0.4) is 0 Å². The molecule has 2 nitrogen and oxygen atoms in total. The average molecular weight is 283 g/mol. The summed E-state index contributed by atoms with van der Waals surface area (Å²) in [7, 11) is 2.20. The maximum absolute atomic E-state index is 4.11. The Bertz CT molecular complexity index is 354. The van der Waals surface area contributed by atoms with E-state index >= 15 is 0 Å². The molecule has 0 radical (unpaired) electrons. The Balaban J connectivity index is 2.12. The van der Waals surface area contributed by atoms with Crippen LogP contribution in [0, 0.1) is 5.92 Å². The predicted molar refractivity (Wildman–Crippen MR) is 71.8 cm³/mol. The molecule has 0 spiro atoms. The highest BCUT2D eigenvalue weighted by molar-refractivity contribution is 9.10. The van der Waals surface area contributed by atoms with Crippen molar-refractivity contribution < 1.29 is 0 Å². The Kier molecular flexibility index (Phi) is 3.85. The minimum absolute atomic E-state index is 0.683. The number of anilines is 1. The Morgan fingerprint density at radius 1 is 1.44 bits per heavy atom. The molecular weight excluding hydrogens is 264 g/mol. The van der Waals surface area contributed by atoms with Gasteiger partial charge in [0.25, 0.3) is 0 Å². The molecule has 1 heterocycles. The second-order valence-electron chi connectivity index (χ2n) is 4.86. The van der Waals surface area contributed by atoms with Gasteiger partial charge in [0.1, 0.15) is 0 Å². The fraction of sp³-hybridized carbons (Fsp3) is 0.615. The van der Waals surface area contributed by atoms with Gasteiger partial charge in [-0.15, -0.1) is 0 Å². The van der Waals surface area contributed by atoms with Crippen LogP contribution in [0.1, 0.15) is 32.6 Å². The molecule has 16 heavy (non-hydrogen) atoms. The van der Waals surface area contributed by atoms with E-state index in [0.717, 1.165) is 10.4 Å². The van der Waals surface area contributed by atoms with Crippen molar-refractivity contribution in [3.05, 3.63) is 22.9 Å². The molecule has 0 amide bonds. The zero-order valence-corrected chi connectivity index (χ0v) is 11.6. The average Bonchev–Trinajstić information content (AvgIpc) is 2.29. The van der Waals surface area contributed by atoms with Crippen molar-refractivity contribution in [2.24, 2.45) is 5.92 Å². The van der Waals surface area contributed by atoms with Gasteiger partial charge in [-0.25, -0.2) is 0 Å². The second-order valence-corrected chi connectivity index (χ2v) is 5.72. The molecule has 2 unspecified atom stereocenters. The molecule has 1 aliphatic carbocycles. The fourth-order valence-electron chi connectivity index (χ4n) is 2.60. The van der Waals surface area contributed by atoms with Crippen LogP contribution in [0.4, 0.5) is 5.69 Å². The van der Waals surface area contributed by atoms with Crippen LogP contribution in [0.2, 0.25) is 0 Å². The van der Waals surface area contributed by atoms with Crippen LogP contribution in [0.15, 0.2) is 22.9 Å². The number of aromatic nitrogens is 1. The number of pyridine rings is 1. The molecule has 1 aromatic heterocycles. The van der Waals surface area contributed by atoms with Crippen LogP contribution >= 0.6 is 15.9 Å². The summed E-state index contributed by atoms with van der Waals surface area (Å²) in [4.78, 5) is 6.52. The highest BCUT2D eigenvalue weighted by Gasteiger charge is 2.23. The van der Waals surface area contributed by atoms with Gasteiger partial charge in [-0.05, 0) is 40.8 Å². The highest BCUT2D eigenvalue weighted by atomic mass is 79.9. The molecular formula is C13H19BrN2. The largest absolute Gasteiger partial charge is 0.371 e. The number of hydrogen-bond acceptors (Lipinski definition) is 2. The molecule has 0 aliphatic heterocycles. The molecule has 3 heteroatoms. The first-order chi connectivity index (χ1) is 7.68. The summed E-state index contributed by atoms with van der Waals surface area (Å²) in [6, 6.07) is 2.77. The summed E-state index contributed by atoms with van der Waals surface area (Å²) < 4.78 is 1.09. The molecule has 1 aromatic rings. The van der Waals surface area contributed by atoms with Crippen LogP contribution in [-0.4, -0.2) is 18.1 Å². The number of hydrogen-bond donors (Lipinski definition) is 0. The lowest BCUT2D eigenvalue weighted by molar-refractivity contribution is 0.336. The lowest BCUT2D eigenvalue weighted by Gasteiger charge is -2.36. The van der Waals surface area contributed by atoms with E-state index < -0.39 is 0 Å². The summed E-state index contributed by atoms with van der Waals surface area (Å²) in [6.07, 6.45) is 9.11. The molecule has 2 atom stereocenters. The van der Waals surface area contributed by atoms with Crippen LogP contribution in [0.5, 0.6) is 0 Å². The standard InChI is InChI=1S/C13H19BrN2/c1-10-4-3-5-11(8-10)16(2)13-6-7-15-9-12(13)14/h6-7,9-11H,3-5,8H2,1-2H3. The third kappa shape index (κ3) is 2.57. The Morgan fingerprint density at radius 2 is 2.25 bits per heavy atom. The minimum Gasteiger partial charge on any atom is -0.371 e. The normalized spacial score (nSPS) is 25.4. The monoisotopic (exact) mass is 282 g/mol. The Morgan fingerprint density at radius 3 is 2.94 bits per heavy atom. The fourth-order valence-corrected chi connectivity index (χ4v) is 3.13. The van der Waals surface area contributed by atoms with Crippen molar-refractivity contribution in [2.75, 3.05) is 11.9 Å². The maximum atomic E-state index is 4.11. The van der Waals surface area contributed by atoms with Gasteiger partial charge in [0, 0.05) is 25.5 Å². The van der Waals surface area contributed by atoms with Crippen LogP contribution in [0.25, 0.3) is 0 Å². The van der Waals surface area contributed by atoms with Gasteiger partial charge >= 0.3 is 0 Å². The van der Waals surface area contributed by atoms with Crippen LogP contribution in [-0.2, 0) is 0 Å². The van der Waals surface area contributed by atoms with Gasteiger partial charge in [0.2, 0.25) is 0 Å². The molecule has 0 bridgehead atoms. The van der Waals surface area contributed by atoms with E-state index in [1.165, 1.54) is 31.4 Å². The predicted octanol–water partition coefficient (Wildman–Crippen LogP) is 3.86. The molecule has 0 aromatic carbocycles. The Hall–Kier alpha value is -0.570. The lowest BCUT2D eigenvalue weighted by Crippen LogP contribution is -2.35. The SMILES string of the molecule is CC1CCCC(N(C)c2ccncc2Br)C1. The molecule has 2 rings (SSSR count). The zero-order chi connectivity index (χ0) is 11.5. The summed E-state index contributed by atoms with van der Waals surface area (Å²) in [5.41, 5.74) is 1.26. The van der Waals surface area contributed by atoms with Crippen molar-refractivity contribution in [3.63, 3.8) is 0 Å². The third-order valence-electron chi connectivity index (χ3n) is 3.59. The first kappa shape index (κ1) is 11.9. The third-order valence-corrected chi connectivity index (χ3v) is 4.20. The maximum Gasteiger partial charge on any atom is 0.0592 e. The van der Waals surface area contributed by atoms with Crippen molar-refractivity contribution in [2.45, 2.75) is 38.6 Å². The zero-order valence-electron chi connectivity index (χ0n) is 9.99. The van der Waals surface area contributed by atoms with Crippen molar-refractivity contribution in [1.82, 2.24) is 4.98 Å². The summed E-state index contributed by atoms with van der Waals surface area (Å²) >= 11 is 3.57. The molecule has 1 saturated carbocycles. The first-order valence-electron chi connectivity index (χ1n) is 6.01. The van der Waals surface area contributed by atoms with E-state index in [1.807, 2.05) is 12.4 Å². The van der Waals surface area contributed by atoms with Crippen molar-refractivity contribution >= 4 is 21.6 Å². The van der Waals surface area contributed by atoms with Gasteiger partial charge < -0.3 is 4.90 Å². The molecule has 1 fully saturated rings. The van der Waals surface area contributed by atoms with Gasteiger partial charge in [0.05, 0.1) is 10.2 Å². The van der Waals surface area contributed by atoms with Gasteiger partial charge in [0.15, 0.2) is 0 Å². The van der Waals surface area contributed by atoms with E-state index in [4.69, 9.17) is 0 Å². The highest BCUT2D eigenvalue weighted by Crippen LogP contribution is 2.32. The molecule has 0 N–H and O–H groups in total. The van der Waals surface area contributed by atoms with Gasteiger partial charge in [-0.3, -0.25) is 4.98 Å². The number of nitrogens with zero attached hydrogens (tertiary/aromatic N) is 2. The van der Waals surface area contributed by atoms with E-state index in [2.05, 4.69) is 45.9 Å². The summed E-state index contributed by atoms with van der Waals surface area (Å²) in [5, 5.41) is 0. The van der Waals surface area contributed by atoms with E-state index in [9.17, 15) is 0 Å². The van der Waals surface area contributed by atoms with Gasteiger partial charge in [-0.2, -0.15) is 0 Å². The molecule has 0 saturated heterocycles.